The van der Waals surface area contributed by atoms with Crippen LogP contribution in [-0.2, 0) is 19.1 Å². The number of hydrogen-bond acceptors (Lipinski definition) is 4. The summed E-state index contributed by atoms with van der Waals surface area (Å²) in [6.45, 7) is 6.64. The predicted octanol–water partition coefficient (Wildman–Crippen LogP) is 12.9. The molecule has 264 valence electrons. The maximum atomic E-state index is 12.5. The lowest BCUT2D eigenvalue weighted by Gasteiger charge is -2.20. The fourth-order valence-corrected chi connectivity index (χ4v) is 6.06. The molecule has 1 aliphatic rings. The first-order valence-electron chi connectivity index (χ1n) is 19.6. The van der Waals surface area contributed by atoms with Gasteiger partial charge in [-0.25, -0.2) is 0 Å². The number of carbonyl (C=O) groups excluding carboxylic acids is 2. The molecular weight excluding hydrogens is 568 g/mol. The van der Waals surface area contributed by atoms with Crippen LogP contribution in [0.2, 0.25) is 0 Å². The molecule has 1 rings (SSSR count). The first-order valence-corrected chi connectivity index (χ1v) is 19.6. The molecule has 0 radical (unpaired) electrons. The average molecular weight is 641 g/mol. The molecule has 1 fully saturated rings. The zero-order chi connectivity index (χ0) is 33.3. The maximum Gasteiger partial charge on any atom is 0.306 e. The number of rotatable bonds is 30. The normalized spacial score (nSPS) is 18.5. The van der Waals surface area contributed by atoms with Crippen LogP contribution < -0.4 is 0 Å². The molecule has 1 saturated carbocycles. The average Bonchev–Trinajstić information content (AvgIpc) is 3.38. The molecule has 46 heavy (non-hydrogen) atoms. The largest absolute Gasteiger partial charge is 0.458 e. The number of ether oxygens (including phenoxy) is 2. The van der Waals surface area contributed by atoms with Crippen LogP contribution >= 0.6 is 0 Å². The molecule has 0 N–H and O–H groups in total. The van der Waals surface area contributed by atoms with Crippen molar-refractivity contribution in [2.45, 2.75) is 200 Å². The number of unbranched alkanes of at least 4 members (excludes halogenated alkanes) is 16. The molecule has 0 heterocycles. The van der Waals surface area contributed by atoms with Crippen LogP contribution in [0.25, 0.3) is 0 Å². The fourth-order valence-electron chi connectivity index (χ4n) is 6.06. The van der Waals surface area contributed by atoms with E-state index < -0.39 is 0 Å². The Morgan fingerprint density at radius 2 is 0.804 bits per heavy atom. The zero-order valence-corrected chi connectivity index (χ0v) is 30.4. The molecule has 1 aliphatic carbocycles. The van der Waals surface area contributed by atoms with Gasteiger partial charge in [-0.3, -0.25) is 9.59 Å². The van der Waals surface area contributed by atoms with Gasteiger partial charge >= 0.3 is 11.9 Å². The number of carbonyl (C=O) groups is 2. The highest BCUT2D eigenvalue weighted by molar-refractivity contribution is 5.70. The van der Waals surface area contributed by atoms with Crippen LogP contribution in [0.1, 0.15) is 188 Å². The summed E-state index contributed by atoms with van der Waals surface area (Å²) in [7, 11) is 0. The number of allylic oxidation sites excluding steroid dienone is 8. The van der Waals surface area contributed by atoms with E-state index in [9.17, 15) is 9.59 Å². The summed E-state index contributed by atoms with van der Waals surface area (Å²) >= 11 is 0. The van der Waals surface area contributed by atoms with E-state index in [0.717, 1.165) is 77.0 Å². The SMILES string of the molecule is CCCCC/C=C\C/C=C\CCCCCCCC(=O)O[C@H]1C[C@H](C)C[C@H]1OC(=O)CCCCCCC/C=C\C/C=C\CCCCC. The van der Waals surface area contributed by atoms with E-state index in [2.05, 4.69) is 69.4 Å². The van der Waals surface area contributed by atoms with Crippen molar-refractivity contribution < 1.29 is 19.1 Å². The monoisotopic (exact) mass is 641 g/mol. The standard InChI is InChI=1S/C42H72O4/c1-4-6-8-10-12-14-16-18-20-22-24-26-28-30-32-34-41(43)45-39-36-38(3)37-40(39)46-42(44)35-33-31-29-27-25-23-21-19-17-15-13-11-9-7-5-2/h12-15,18-21,38-40H,4-11,16-17,22-37H2,1-3H3/b14-12-,15-13-,20-18-,21-19-/t38-,39-,40+. The van der Waals surface area contributed by atoms with Crippen molar-refractivity contribution in [3.63, 3.8) is 0 Å². The minimum absolute atomic E-state index is 0.139. The van der Waals surface area contributed by atoms with E-state index in [1.54, 1.807) is 0 Å². The first kappa shape index (κ1) is 41.9. The molecule has 0 spiro atoms. The van der Waals surface area contributed by atoms with Crippen molar-refractivity contribution in [1.29, 1.82) is 0 Å². The molecule has 0 aliphatic heterocycles. The Balaban J connectivity index is 2.04. The Bertz CT molecular complexity index is 771. The second-order valence-corrected chi connectivity index (χ2v) is 13.6. The first-order chi connectivity index (χ1) is 22.6. The van der Waals surface area contributed by atoms with Gasteiger partial charge in [0.15, 0.2) is 0 Å². The molecule has 3 atom stereocenters. The van der Waals surface area contributed by atoms with E-state index in [-0.39, 0.29) is 24.1 Å². The predicted molar refractivity (Wildman–Crippen MR) is 197 cm³/mol. The molecule has 0 aromatic heterocycles. The van der Waals surface area contributed by atoms with Gasteiger partial charge in [0, 0.05) is 12.8 Å². The molecule has 0 bridgehead atoms. The van der Waals surface area contributed by atoms with E-state index in [4.69, 9.17) is 9.47 Å². The van der Waals surface area contributed by atoms with Crippen LogP contribution in [0, 0.1) is 5.92 Å². The van der Waals surface area contributed by atoms with Crippen molar-refractivity contribution >= 4 is 11.9 Å². The Hall–Kier alpha value is -2.10. The van der Waals surface area contributed by atoms with Crippen LogP contribution in [0.4, 0.5) is 0 Å². The highest BCUT2D eigenvalue weighted by Gasteiger charge is 2.37. The van der Waals surface area contributed by atoms with E-state index in [1.807, 2.05) is 0 Å². The lowest BCUT2D eigenvalue weighted by Crippen LogP contribution is -2.30. The lowest BCUT2D eigenvalue weighted by atomic mass is 10.1. The molecule has 4 heteroatoms. The third-order valence-electron chi connectivity index (χ3n) is 8.91. The highest BCUT2D eigenvalue weighted by atomic mass is 16.6. The van der Waals surface area contributed by atoms with Crippen molar-refractivity contribution in [3.8, 4) is 0 Å². The van der Waals surface area contributed by atoms with Crippen molar-refractivity contribution in [2.24, 2.45) is 5.92 Å². The third kappa shape index (κ3) is 26.0. The lowest BCUT2D eigenvalue weighted by molar-refractivity contribution is -0.165. The molecule has 4 nitrogen and oxygen atoms in total. The van der Waals surface area contributed by atoms with Crippen molar-refractivity contribution in [3.05, 3.63) is 48.6 Å². The van der Waals surface area contributed by atoms with Crippen molar-refractivity contribution in [1.82, 2.24) is 0 Å². The Morgan fingerprint density at radius 3 is 1.17 bits per heavy atom. The zero-order valence-electron chi connectivity index (χ0n) is 30.4. The van der Waals surface area contributed by atoms with Crippen LogP contribution in [0.15, 0.2) is 48.6 Å². The topological polar surface area (TPSA) is 52.6 Å². The Labute approximate surface area is 284 Å². The smallest absolute Gasteiger partial charge is 0.306 e. The Morgan fingerprint density at radius 1 is 0.478 bits per heavy atom. The minimum atomic E-state index is -0.283. The van der Waals surface area contributed by atoms with Gasteiger partial charge in [-0.15, -0.1) is 0 Å². The van der Waals surface area contributed by atoms with Crippen LogP contribution in [0.3, 0.4) is 0 Å². The third-order valence-corrected chi connectivity index (χ3v) is 8.91. The van der Waals surface area contributed by atoms with E-state index in [1.165, 1.54) is 77.0 Å². The van der Waals surface area contributed by atoms with Gasteiger partial charge < -0.3 is 9.47 Å². The van der Waals surface area contributed by atoms with Gasteiger partial charge in [-0.05, 0) is 95.8 Å². The number of esters is 2. The van der Waals surface area contributed by atoms with Gasteiger partial charge in [0.2, 0.25) is 0 Å². The summed E-state index contributed by atoms with van der Waals surface area (Å²) in [5, 5.41) is 0. The number of hydrogen-bond donors (Lipinski definition) is 0. The van der Waals surface area contributed by atoms with Crippen LogP contribution in [-0.4, -0.2) is 24.1 Å². The minimum Gasteiger partial charge on any atom is -0.458 e. The van der Waals surface area contributed by atoms with E-state index in [0.29, 0.717) is 18.8 Å². The molecule has 0 saturated heterocycles. The summed E-state index contributed by atoms with van der Waals surface area (Å²) < 4.78 is 11.6. The van der Waals surface area contributed by atoms with Gasteiger partial charge in [0.25, 0.3) is 0 Å². The summed E-state index contributed by atoms with van der Waals surface area (Å²) in [5.74, 6) is 0.126. The summed E-state index contributed by atoms with van der Waals surface area (Å²) in [6.07, 6.45) is 45.9. The highest BCUT2D eigenvalue weighted by Crippen LogP contribution is 2.31. The van der Waals surface area contributed by atoms with Gasteiger partial charge in [-0.2, -0.15) is 0 Å². The second kappa shape index (κ2) is 31.5. The molecule has 0 aromatic rings. The summed E-state index contributed by atoms with van der Waals surface area (Å²) in [4.78, 5) is 25.0. The summed E-state index contributed by atoms with van der Waals surface area (Å²) in [5.41, 5.74) is 0. The maximum absolute atomic E-state index is 12.5. The molecule has 0 aromatic carbocycles. The van der Waals surface area contributed by atoms with Gasteiger partial charge in [0.1, 0.15) is 12.2 Å². The van der Waals surface area contributed by atoms with Crippen molar-refractivity contribution in [2.75, 3.05) is 0 Å². The fraction of sp³-hybridized carbons (Fsp3) is 0.762. The quantitative estimate of drug-likeness (QED) is 0.0445. The Kier molecular flexibility index (Phi) is 28.7. The van der Waals surface area contributed by atoms with E-state index >= 15 is 0 Å². The van der Waals surface area contributed by atoms with Crippen LogP contribution in [0.5, 0.6) is 0 Å². The summed E-state index contributed by atoms with van der Waals surface area (Å²) in [6, 6.07) is 0. The second-order valence-electron chi connectivity index (χ2n) is 13.6. The molecular formula is C42H72O4. The molecule has 0 amide bonds. The molecule has 0 unspecified atom stereocenters. The van der Waals surface area contributed by atoms with Gasteiger partial charge in [-0.1, -0.05) is 134 Å². The van der Waals surface area contributed by atoms with Gasteiger partial charge in [0.05, 0.1) is 0 Å².